The SMILES string of the molecule is C[C@H](N=[P+]([O-])Oc1ccccc1OC[C@H]1OC[C@@H](n2cc(F)c(N)nc2=O)O1)C(=O)OC1CCCC1. The Kier molecular flexibility index (Phi) is 8.47. The van der Waals surface area contributed by atoms with Crippen LogP contribution in [0.5, 0.6) is 11.5 Å². The van der Waals surface area contributed by atoms with Gasteiger partial charge in [0.25, 0.3) is 0 Å². The second-order valence-electron chi connectivity index (χ2n) is 8.24. The van der Waals surface area contributed by atoms with E-state index in [4.69, 9.17) is 29.2 Å². The summed E-state index contributed by atoms with van der Waals surface area (Å²) in [6.45, 7) is 1.33. The highest BCUT2D eigenvalue weighted by Gasteiger charge is 2.30. The van der Waals surface area contributed by atoms with Crippen LogP contribution in [-0.4, -0.2) is 47.2 Å². The van der Waals surface area contributed by atoms with Gasteiger partial charge in [0.1, 0.15) is 12.7 Å². The van der Waals surface area contributed by atoms with Gasteiger partial charge < -0.3 is 29.6 Å². The standard InChI is InChI=1S/C22H26FN4O8P/c1-13(21(28)33-14-6-2-3-7-14)26-36(30)35-17-9-5-4-8-16(17)31-12-19-32-11-18(34-19)27-10-15(23)20(24)25-22(27)29/h4-5,8-10,13-14,18-19H,2-3,6-7,11-12H2,1H3,(H2,24,25,29)/t13-,18-,19-/m0/s1. The minimum atomic E-state index is -2.59. The Labute approximate surface area is 206 Å². The largest absolute Gasteiger partial charge is 0.575 e. The number of nitrogens with zero attached hydrogens (tertiary/aromatic N) is 3. The first kappa shape index (κ1) is 26.0. The van der Waals surface area contributed by atoms with E-state index in [1.54, 1.807) is 18.2 Å². The van der Waals surface area contributed by atoms with Gasteiger partial charge >= 0.3 is 19.8 Å². The van der Waals surface area contributed by atoms with Crippen LogP contribution in [0, 0.1) is 5.82 Å². The van der Waals surface area contributed by atoms with Crippen LogP contribution < -0.4 is 25.6 Å². The fourth-order valence-corrected chi connectivity index (χ4v) is 4.45. The Bertz CT molecular complexity index is 1170. The molecule has 12 nitrogen and oxygen atoms in total. The summed E-state index contributed by atoms with van der Waals surface area (Å²) in [5.41, 5.74) is 4.52. The van der Waals surface area contributed by atoms with E-state index in [2.05, 4.69) is 9.73 Å². The number of carbonyl (C=O) groups excluding carboxylic acids is 1. The Morgan fingerprint density at radius 2 is 2.08 bits per heavy atom. The maximum Gasteiger partial charge on any atom is 0.395 e. The molecule has 0 radical (unpaired) electrons. The lowest BCUT2D eigenvalue weighted by molar-refractivity contribution is -0.170. The molecule has 2 heterocycles. The summed E-state index contributed by atoms with van der Waals surface area (Å²) in [5.74, 6) is -1.54. The number of aromatic nitrogens is 2. The van der Waals surface area contributed by atoms with Crippen molar-refractivity contribution < 1.29 is 37.5 Å². The number of para-hydroxylation sites is 2. The van der Waals surface area contributed by atoms with E-state index in [9.17, 15) is 18.9 Å². The van der Waals surface area contributed by atoms with Crippen molar-refractivity contribution in [3.63, 3.8) is 0 Å². The van der Waals surface area contributed by atoms with Crippen molar-refractivity contribution in [3.8, 4) is 11.5 Å². The number of nitrogens with two attached hydrogens (primary N) is 1. The number of nitrogen functional groups attached to an aromatic ring is 1. The van der Waals surface area contributed by atoms with E-state index >= 15 is 0 Å². The van der Waals surface area contributed by atoms with Crippen LogP contribution in [0.3, 0.4) is 0 Å². The van der Waals surface area contributed by atoms with Crippen LogP contribution in [0.1, 0.15) is 38.8 Å². The van der Waals surface area contributed by atoms with E-state index in [1.165, 1.54) is 13.0 Å². The predicted octanol–water partition coefficient (Wildman–Crippen LogP) is 2.02. The van der Waals surface area contributed by atoms with Crippen LogP contribution >= 0.6 is 8.17 Å². The highest BCUT2D eigenvalue weighted by molar-refractivity contribution is 7.34. The molecule has 4 rings (SSSR count). The maximum absolute atomic E-state index is 13.7. The summed E-state index contributed by atoms with van der Waals surface area (Å²) in [5, 5.41) is 0. The van der Waals surface area contributed by atoms with Gasteiger partial charge in [-0.05, 0) is 44.7 Å². The van der Waals surface area contributed by atoms with Gasteiger partial charge in [0.2, 0.25) is 5.75 Å². The number of carbonyl (C=O) groups is 1. The molecular formula is C22H26FN4O8P. The van der Waals surface area contributed by atoms with Crippen LogP contribution in [0.15, 0.2) is 40.0 Å². The zero-order chi connectivity index (χ0) is 25.7. The smallest absolute Gasteiger partial charge is 0.395 e. The molecule has 1 aromatic heterocycles. The number of anilines is 1. The highest BCUT2D eigenvalue weighted by atomic mass is 31.1. The van der Waals surface area contributed by atoms with Gasteiger partial charge in [-0.25, -0.2) is 14.0 Å². The Hall–Kier alpha value is -3.12. The summed E-state index contributed by atoms with van der Waals surface area (Å²) >= 11 is 0. The molecule has 1 aliphatic carbocycles. The quantitative estimate of drug-likeness (QED) is 0.380. The minimum Gasteiger partial charge on any atom is -0.575 e. The number of benzene rings is 1. The topological polar surface area (TPSA) is 160 Å². The summed E-state index contributed by atoms with van der Waals surface area (Å²) in [7, 11) is -2.59. The number of ether oxygens (including phenoxy) is 4. The lowest BCUT2D eigenvalue weighted by Gasteiger charge is -2.15. The molecule has 2 aliphatic rings. The number of rotatable bonds is 9. The van der Waals surface area contributed by atoms with E-state index < -0.39 is 50.0 Å². The molecule has 14 heteroatoms. The Morgan fingerprint density at radius 3 is 2.83 bits per heavy atom. The first-order chi connectivity index (χ1) is 17.3. The van der Waals surface area contributed by atoms with Crippen LogP contribution in [0.2, 0.25) is 0 Å². The molecule has 2 aromatic rings. The van der Waals surface area contributed by atoms with Crippen molar-refractivity contribution in [2.24, 2.45) is 4.74 Å². The molecule has 4 atom stereocenters. The summed E-state index contributed by atoms with van der Waals surface area (Å²) in [4.78, 5) is 40.0. The van der Waals surface area contributed by atoms with E-state index in [1.807, 2.05) is 0 Å². The molecule has 1 aromatic carbocycles. The van der Waals surface area contributed by atoms with Crippen molar-refractivity contribution in [2.45, 2.75) is 57.3 Å². The van der Waals surface area contributed by atoms with Gasteiger partial charge in [-0.3, -0.25) is 9.09 Å². The van der Waals surface area contributed by atoms with Gasteiger partial charge in [-0.2, -0.15) is 4.98 Å². The molecule has 2 N–H and O–H groups in total. The monoisotopic (exact) mass is 524 g/mol. The number of esters is 1. The van der Waals surface area contributed by atoms with Gasteiger partial charge in [0.15, 0.2) is 35.9 Å². The maximum atomic E-state index is 13.7. The van der Waals surface area contributed by atoms with E-state index in [-0.39, 0.29) is 30.8 Å². The van der Waals surface area contributed by atoms with Gasteiger partial charge in [-0.1, -0.05) is 16.9 Å². The van der Waals surface area contributed by atoms with Crippen molar-refractivity contribution in [1.29, 1.82) is 0 Å². The van der Waals surface area contributed by atoms with E-state index in [0.717, 1.165) is 36.4 Å². The molecule has 194 valence electrons. The van der Waals surface area contributed by atoms with Gasteiger partial charge in [0, 0.05) is 0 Å². The van der Waals surface area contributed by atoms with Gasteiger partial charge in [0.05, 0.1) is 12.8 Å². The second-order valence-corrected chi connectivity index (χ2v) is 9.13. The molecule has 36 heavy (non-hydrogen) atoms. The number of hydrogen-bond donors (Lipinski definition) is 1. The Morgan fingerprint density at radius 1 is 1.36 bits per heavy atom. The average Bonchev–Trinajstić information content (AvgIpc) is 3.53. The zero-order valence-corrected chi connectivity index (χ0v) is 20.3. The number of halogens is 1. The van der Waals surface area contributed by atoms with Crippen molar-refractivity contribution in [2.75, 3.05) is 18.9 Å². The fourth-order valence-electron chi connectivity index (χ4n) is 3.71. The molecular weight excluding hydrogens is 498 g/mol. The van der Waals surface area contributed by atoms with Crippen molar-refractivity contribution in [1.82, 2.24) is 9.55 Å². The zero-order valence-electron chi connectivity index (χ0n) is 19.4. The first-order valence-corrected chi connectivity index (χ1v) is 12.5. The highest BCUT2D eigenvalue weighted by Crippen LogP contribution is 2.34. The Balaban J connectivity index is 1.32. The second kappa shape index (κ2) is 11.7. The lowest BCUT2D eigenvalue weighted by atomic mass is 10.3. The lowest BCUT2D eigenvalue weighted by Crippen LogP contribution is -2.30. The van der Waals surface area contributed by atoms with Crippen LogP contribution in [0.4, 0.5) is 10.2 Å². The van der Waals surface area contributed by atoms with Crippen LogP contribution in [0.25, 0.3) is 0 Å². The normalized spacial score (nSPS) is 21.4. The first-order valence-electron chi connectivity index (χ1n) is 11.4. The predicted molar refractivity (Wildman–Crippen MR) is 122 cm³/mol. The molecule has 0 bridgehead atoms. The number of hydrogen-bond acceptors (Lipinski definition) is 11. The molecule has 1 saturated heterocycles. The van der Waals surface area contributed by atoms with Crippen LogP contribution in [-0.2, 0) is 19.0 Å². The van der Waals surface area contributed by atoms with Crippen molar-refractivity contribution >= 4 is 20.0 Å². The third kappa shape index (κ3) is 6.55. The summed E-state index contributed by atoms with van der Waals surface area (Å²) < 4.78 is 46.1. The summed E-state index contributed by atoms with van der Waals surface area (Å²) in [6.07, 6.45) is 2.66. The van der Waals surface area contributed by atoms with Gasteiger partial charge in [-0.15, -0.1) is 0 Å². The molecule has 1 aliphatic heterocycles. The molecule has 0 amide bonds. The minimum absolute atomic E-state index is 0.0449. The fraction of sp³-hybridized carbons (Fsp3) is 0.500. The third-order valence-electron chi connectivity index (χ3n) is 5.57. The molecule has 1 saturated carbocycles. The molecule has 1 unspecified atom stereocenters. The molecule has 2 fully saturated rings. The third-order valence-corrected chi connectivity index (χ3v) is 6.46. The van der Waals surface area contributed by atoms with Crippen molar-refractivity contribution in [3.05, 3.63) is 46.8 Å². The van der Waals surface area contributed by atoms with E-state index in [0.29, 0.717) is 0 Å². The molecule has 0 spiro atoms. The average molecular weight is 524 g/mol. The summed E-state index contributed by atoms with van der Waals surface area (Å²) in [6, 6.07) is 5.48.